The van der Waals surface area contributed by atoms with E-state index < -0.39 is 0 Å². The molecule has 3 heteroatoms. The lowest BCUT2D eigenvalue weighted by atomic mass is 10.1. The van der Waals surface area contributed by atoms with Gasteiger partial charge in [-0.05, 0) is 17.7 Å². The number of anilines is 1. The zero-order valence-corrected chi connectivity index (χ0v) is 11.1. The highest BCUT2D eigenvalue weighted by Gasteiger charge is 2.10. The highest BCUT2D eigenvalue weighted by molar-refractivity contribution is 6.31. The molecule has 0 amide bonds. The Bertz CT molecular complexity index is 513. The van der Waals surface area contributed by atoms with E-state index in [1.165, 1.54) is 5.56 Å². The molecule has 0 saturated heterocycles. The highest BCUT2D eigenvalue weighted by atomic mass is 35.5. The number of hydrogen-bond acceptors (Lipinski definition) is 2. The van der Waals surface area contributed by atoms with Crippen LogP contribution in [0.3, 0.4) is 0 Å². The summed E-state index contributed by atoms with van der Waals surface area (Å²) in [5, 5.41) is 10.0. The molecule has 0 unspecified atom stereocenters. The summed E-state index contributed by atoms with van der Waals surface area (Å²) in [4.78, 5) is 2.09. The van der Waals surface area contributed by atoms with Gasteiger partial charge in [0.25, 0.3) is 0 Å². The van der Waals surface area contributed by atoms with Crippen LogP contribution in [0, 0.1) is 0 Å². The number of aliphatic hydroxyl groups is 1. The Labute approximate surface area is 112 Å². The van der Waals surface area contributed by atoms with Crippen LogP contribution in [0.5, 0.6) is 0 Å². The predicted molar refractivity (Wildman–Crippen MR) is 75.9 cm³/mol. The molecule has 0 aliphatic carbocycles. The van der Waals surface area contributed by atoms with E-state index in [0.29, 0.717) is 5.02 Å². The zero-order chi connectivity index (χ0) is 13.0. The normalized spacial score (nSPS) is 10.4. The molecule has 0 radical (unpaired) electrons. The standard InChI is InChI=1S/C15H16ClNO/c1-17(10-12-6-3-2-4-7-12)15-9-5-8-14(16)13(15)11-18/h2-9,18H,10-11H2,1H3. The van der Waals surface area contributed by atoms with Gasteiger partial charge in [-0.3, -0.25) is 0 Å². The van der Waals surface area contributed by atoms with E-state index in [0.717, 1.165) is 17.8 Å². The van der Waals surface area contributed by atoms with Crippen LogP contribution in [-0.4, -0.2) is 12.2 Å². The summed E-state index contributed by atoms with van der Waals surface area (Å²) in [6.07, 6.45) is 0. The third kappa shape index (κ3) is 2.84. The van der Waals surface area contributed by atoms with Gasteiger partial charge in [-0.1, -0.05) is 48.0 Å². The Hall–Kier alpha value is -1.51. The van der Waals surface area contributed by atoms with Crippen LogP contribution in [0.25, 0.3) is 0 Å². The van der Waals surface area contributed by atoms with Crippen LogP contribution in [0.15, 0.2) is 48.5 Å². The molecule has 0 saturated carbocycles. The largest absolute Gasteiger partial charge is 0.392 e. The van der Waals surface area contributed by atoms with Crippen molar-refractivity contribution in [2.45, 2.75) is 13.2 Å². The highest BCUT2D eigenvalue weighted by Crippen LogP contribution is 2.27. The fourth-order valence-corrected chi connectivity index (χ4v) is 2.23. The zero-order valence-electron chi connectivity index (χ0n) is 10.3. The Kier molecular flexibility index (Phi) is 4.24. The number of benzene rings is 2. The predicted octanol–water partition coefficient (Wildman–Crippen LogP) is 3.47. The van der Waals surface area contributed by atoms with Crippen molar-refractivity contribution in [2.24, 2.45) is 0 Å². The van der Waals surface area contributed by atoms with Crippen molar-refractivity contribution in [1.82, 2.24) is 0 Å². The molecule has 2 aromatic carbocycles. The van der Waals surface area contributed by atoms with Crippen LogP contribution >= 0.6 is 11.6 Å². The first-order valence-electron chi connectivity index (χ1n) is 5.85. The molecule has 2 nitrogen and oxygen atoms in total. The van der Waals surface area contributed by atoms with Crippen molar-refractivity contribution in [1.29, 1.82) is 0 Å². The lowest BCUT2D eigenvalue weighted by Crippen LogP contribution is -2.18. The summed E-state index contributed by atoms with van der Waals surface area (Å²) in [5.41, 5.74) is 2.97. The molecule has 18 heavy (non-hydrogen) atoms. The first kappa shape index (κ1) is 12.9. The molecule has 2 aromatic rings. The van der Waals surface area contributed by atoms with E-state index >= 15 is 0 Å². The maximum Gasteiger partial charge on any atom is 0.0716 e. The Morgan fingerprint density at radius 3 is 2.44 bits per heavy atom. The first-order chi connectivity index (χ1) is 8.72. The van der Waals surface area contributed by atoms with Crippen LogP contribution in [0.4, 0.5) is 5.69 Å². The topological polar surface area (TPSA) is 23.5 Å². The molecule has 0 aromatic heterocycles. The average Bonchev–Trinajstić information content (AvgIpc) is 2.39. The van der Waals surface area contributed by atoms with E-state index in [9.17, 15) is 5.11 Å². The van der Waals surface area contributed by atoms with Gasteiger partial charge in [0, 0.05) is 29.9 Å². The number of nitrogens with zero attached hydrogens (tertiary/aromatic N) is 1. The van der Waals surface area contributed by atoms with Crippen LogP contribution < -0.4 is 4.90 Å². The van der Waals surface area contributed by atoms with Gasteiger partial charge < -0.3 is 10.0 Å². The second kappa shape index (κ2) is 5.89. The minimum atomic E-state index is -0.0475. The number of halogens is 1. The van der Waals surface area contributed by atoms with Crippen molar-refractivity contribution in [3.8, 4) is 0 Å². The van der Waals surface area contributed by atoms with Crippen LogP contribution in [0.2, 0.25) is 5.02 Å². The minimum absolute atomic E-state index is 0.0475. The molecule has 0 bridgehead atoms. The van der Waals surface area contributed by atoms with Crippen molar-refractivity contribution < 1.29 is 5.11 Å². The van der Waals surface area contributed by atoms with Gasteiger partial charge in [0.15, 0.2) is 0 Å². The van der Waals surface area contributed by atoms with Gasteiger partial charge in [-0.25, -0.2) is 0 Å². The maximum atomic E-state index is 9.40. The molecule has 0 aliphatic heterocycles. The molecule has 0 atom stereocenters. The molecular formula is C15H16ClNO. The van der Waals surface area contributed by atoms with Crippen molar-refractivity contribution >= 4 is 17.3 Å². The SMILES string of the molecule is CN(Cc1ccccc1)c1cccc(Cl)c1CO. The lowest BCUT2D eigenvalue weighted by Gasteiger charge is -2.22. The van der Waals surface area contributed by atoms with Crippen LogP contribution in [0.1, 0.15) is 11.1 Å². The van der Waals surface area contributed by atoms with E-state index in [-0.39, 0.29) is 6.61 Å². The number of rotatable bonds is 4. The fourth-order valence-electron chi connectivity index (χ4n) is 2.00. The Morgan fingerprint density at radius 2 is 1.78 bits per heavy atom. The molecule has 1 N–H and O–H groups in total. The van der Waals surface area contributed by atoms with Gasteiger partial charge in [-0.2, -0.15) is 0 Å². The quantitative estimate of drug-likeness (QED) is 0.911. The van der Waals surface area contributed by atoms with Gasteiger partial charge in [0.2, 0.25) is 0 Å². The molecule has 94 valence electrons. The summed E-state index contributed by atoms with van der Waals surface area (Å²) in [5.74, 6) is 0. The summed E-state index contributed by atoms with van der Waals surface area (Å²) >= 11 is 6.09. The third-order valence-electron chi connectivity index (χ3n) is 2.93. The molecule has 2 rings (SSSR count). The summed E-state index contributed by atoms with van der Waals surface area (Å²) in [7, 11) is 2.00. The maximum absolute atomic E-state index is 9.40. The second-order valence-electron chi connectivity index (χ2n) is 4.24. The molecule has 0 fully saturated rings. The molecular weight excluding hydrogens is 246 g/mol. The van der Waals surface area contributed by atoms with Gasteiger partial charge in [0.05, 0.1) is 6.61 Å². The van der Waals surface area contributed by atoms with E-state index in [4.69, 9.17) is 11.6 Å². The van der Waals surface area contributed by atoms with E-state index in [2.05, 4.69) is 17.0 Å². The summed E-state index contributed by atoms with van der Waals surface area (Å²) in [6, 6.07) is 15.9. The fraction of sp³-hybridized carbons (Fsp3) is 0.200. The molecule has 0 spiro atoms. The minimum Gasteiger partial charge on any atom is -0.392 e. The Morgan fingerprint density at radius 1 is 1.06 bits per heavy atom. The molecule has 0 aliphatic rings. The van der Waals surface area contributed by atoms with Crippen molar-refractivity contribution in [2.75, 3.05) is 11.9 Å². The third-order valence-corrected chi connectivity index (χ3v) is 3.28. The van der Waals surface area contributed by atoms with Gasteiger partial charge >= 0.3 is 0 Å². The number of hydrogen-bond donors (Lipinski definition) is 1. The Balaban J connectivity index is 2.24. The van der Waals surface area contributed by atoms with Crippen molar-refractivity contribution in [3.63, 3.8) is 0 Å². The van der Waals surface area contributed by atoms with Gasteiger partial charge in [0.1, 0.15) is 0 Å². The van der Waals surface area contributed by atoms with E-state index in [1.54, 1.807) is 6.07 Å². The van der Waals surface area contributed by atoms with E-state index in [1.807, 2.05) is 37.4 Å². The number of aliphatic hydroxyl groups excluding tert-OH is 1. The average molecular weight is 262 g/mol. The monoisotopic (exact) mass is 261 g/mol. The van der Waals surface area contributed by atoms with Crippen LogP contribution in [-0.2, 0) is 13.2 Å². The van der Waals surface area contributed by atoms with Crippen molar-refractivity contribution in [3.05, 3.63) is 64.7 Å². The lowest BCUT2D eigenvalue weighted by molar-refractivity contribution is 0.282. The smallest absolute Gasteiger partial charge is 0.0716 e. The second-order valence-corrected chi connectivity index (χ2v) is 4.64. The summed E-state index contributed by atoms with van der Waals surface area (Å²) in [6.45, 7) is 0.738. The van der Waals surface area contributed by atoms with Gasteiger partial charge in [-0.15, -0.1) is 0 Å². The summed E-state index contributed by atoms with van der Waals surface area (Å²) < 4.78 is 0. The molecule has 0 heterocycles. The first-order valence-corrected chi connectivity index (χ1v) is 6.23.